The Balaban J connectivity index is 3.24. The monoisotopic (exact) mass is 284 g/mol. The van der Waals surface area contributed by atoms with Gasteiger partial charge in [0.15, 0.2) is 0 Å². The Hall–Kier alpha value is -1.76. The van der Waals surface area contributed by atoms with Gasteiger partial charge in [-0.15, -0.1) is 0 Å². The maximum Gasteiger partial charge on any atom is 0.335 e. The van der Waals surface area contributed by atoms with Crippen molar-refractivity contribution >= 4 is 29.1 Å². The zero-order chi connectivity index (χ0) is 14.6. The molecule has 0 amide bonds. The van der Waals surface area contributed by atoms with Crippen molar-refractivity contribution in [2.45, 2.75) is 13.0 Å². The van der Waals surface area contributed by atoms with Gasteiger partial charge in [-0.25, -0.2) is 4.79 Å². The summed E-state index contributed by atoms with van der Waals surface area (Å²) in [5.74, 6) is -0.299. The SMILES string of the molecule is CSCC(C)N(C)c1cc(C(=O)O)ccc1[N+](=O)[O-]. The Morgan fingerprint density at radius 3 is 2.68 bits per heavy atom. The first kappa shape index (κ1) is 15.3. The van der Waals surface area contributed by atoms with E-state index in [1.54, 1.807) is 23.7 Å². The number of thioether (sulfide) groups is 1. The molecule has 19 heavy (non-hydrogen) atoms. The third kappa shape index (κ3) is 3.60. The Labute approximate surface area is 115 Å². The van der Waals surface area contributed by atoms with Gasteiger partial charge >= 0.3 is 5.97 Å². The lowest BCUT2D eigenvalue weighted by Crippen LogP contribution is -2.31. The van der Waals surface area contributed by atoms with Crippen molar-refractivity contribution in [2.24, 2.45) is 0 Å². The molecule has 1 N–H and O–H groups in total. The van der Waals surface area contributed by atoms with Crippen LogP contribution in [-0.4, -0.2) is 41.1 Å². The predicted molar refractivity (Wildman–Crippen MR) is 76.3 cm³/mol. The van der Waals surface area contributed by atoms with Crippen LogP contribution in [-0.2, 0) is 0 Å². The fourth-order valence-corrected chi connectivity index (χ4v) is 2.39. The number of anilines is 1. The molecule has 0 bridgehead atoms. The summed E-state index contributed by atoms with van der Waals surface area (Å²) in [6, 6.07) is 3.90. The molecule has 0 aliphatic heterocycles. The second-order valence-electron chi connectivity index (χ2n) is 4.18. The third-order valence-electron chi connectivity index (χ3n) is 2.87. The molecule has 1 unspecified atom stereocenters. The van der Waals surface area contributed by atoms with Crippen LogP contribution in [0.1, 0.15) is 17.3 Å². The van der Waals surface area contributed by atoms with Gasteiger partial charge in [-0.3, -0.25) is 10.1 Å². The molecule has 0 aromatic heterocycles. The van der Waals surface area contributed by atoms with Crippen molar-refractivity contribution in [2.75, 3.05) is 24.0 Å². The first-order chi connectivity index (χ1) is 8.88. The number of hydrogen-bond acceptors (Lipinski definition) is 5. The number of carbonyl (C=O) groups is 1. The van der Waals surface area contributed by atoms with E-state index in [-0.39, 0.29) is 17.3 Å². The standard InChI is InChI=1S/C12H16N2O4S/c1-8(7-19-3)13(2)11-6-9(12(15)16)4-5-10(11)14(17)18/h4-6,8H,7H2,1-3H3,(H,15,16). The first-order valence-corrected chi connectivity index (χ1v) is 7.01. The van der Waals surface area contributed by atoms with Crippen LogP contribution >= 0.6 is 11.8 Å². The number of rotatable bonds is 6. The second kappa shape index (κ2) is 6.42. The average molecular weight is 284 g/mol. The van der Waals surface area contributed by atoms with Gasteiger partial charge in [-0.1, -0.05) is 0 Å². The summed E-state index contributed by atoms with van der Waals surface area (Å²) in [6.07, 6.45) is 1.95. The second-order valence-corrected chi connectivity index (χ2v) is 5.09. The van der Waals surface area contributed by atoms with Gasteiger partial charge in [-0.2, -0.15) is 11.8 Å². The lowest BCUT2D eigenvalue weighted by molar-refractivity contribution is -0.384. The van der Waals surface area contributed by atoms with Crippen molar-refractivity contribution in [1.82, 2.24) is 0 Å². The van der Waals surface area contributed by atoms with E-state index in [0.29, 0.717) is 5.69 Å². The maximum absolute atomic E-state index is 11.0. The van der Waals surface area contributed by atoms with Crippen molar-refractivity contribution in [3.8, 4) is 0 Å². The Bertz CT molecular complexity index is 493. The van der Waals surface area contributed by atoms with E-state index >= 15 is 0 Å². The molecule has 7 heteroatoms. The summed E-state index contributed by atoms with van der Waals surface area (Å²) in [4.78, 5) is 23.2. The van der Waals surface area contributed by atoms with Crippen molar-refractivity contribution < 1.29 is 14.8 Å². The number of carboxylic acids is 1. The number of nitrogens with zero attached hydrogens (tertiary/aromatic N) is 2. The normalized spacial score (nSPS) is 11.9. The number of benzene rings is 1. The lowest BCUT2D eigenvalue weighted by atomic mass is 10.1. The highest BCUT2D eigenvalue weighted by atomic mass is 32.2. The zero-order valence-corrected chi connectivity index (χ0v) is 11.8. The maximum atomic E-state index is 11.0. The molecule has 1 aromatic rings. The van der Waals surface area contributed by atoms with Crippen LogP contribution in [0.25, 0.3) is 0 Å². The van der Waals surface area contributed by atoms with E-state index in [1.807, 2.05) is 13.2 Å². The summed E-state index contributed by atoms with van der Waals surface area (Å²) in [5.41, 5.74) is 0.288. The van der Waals surface area contributed by atoms with Crippen LogP contribution in [0, 0.1) is 10.1 Å². The fraction of sp³-hybridized carbons (Fsp3) is 0.417. The largest absolute Gasteiger partial charge is 0.478 e. The van der Waals surface area contributed by atoms with Crippen LogP contribution in [0.4, 0.5) is 11.4 Å². The Kier molecular flexibility index (Phi) is 5.17. The van der Waals surface area contributed by atoms with Gasteiger partial charge in [0.2, 0.25) is 0 Å². The predicted octanol–water partition coefficient (Wildman–Crippen LogP) is 2.48. The van der Waals surface area contributed by atoms with Gasteiger partial charge < -0.3 is 10.0 Å². The molecule has 0 fully saturated rings. The molecule has 1 aromatic carbocycles. The zero-order valence-electron chi connectivity index (χ0n) is 11.0. The quantitative estimate of drug-likeness (QED) is 0.638. The van der Waals surface area contributed by atoms with E-state index in [4.69, 9.17) is 5.11 Å². The summed E-state index contributed by atoms with van der Waals surface area (Å²) in [6.45, 7) is 1.94. The topological polar surface area (TPSA) is 83.7 Å². The number of hydrogen-bond donors (Lipinski definition) is 1. The highest BCUT2D eigenvalue weighted by Gasteiger charge is 2.22. The van der Waals surface area contributed by atoms with Crippen LogP contribution in [0.5, 0.6) is 0 Å². The van der Waals surface area contributed by atoms with Gasteiger partial charge in [0.05, 0.1) is 10.5 Å². The molecule has 0 radical (unpaired) electrons. The van der Waals surface area contributed by atoms with E-state index in [1.165, 1.54) is 18.2 Å². The van der Waals surface area contributed by atoms with E-state index in [9.17, 15) is 14.9 Å². The van der Waals surface area contributed by atoms with E-state index in [0.717, 1.165) is 5.75 Å². The van der Waals surface area contributed by atoms with Crippen molar-refractivity contribution in [1.29, 1.82) is 0 Å². The summed E-state index contributed by atoms with van der Waals surface area (Å²) in [7, 11) is 1.73. The molecular weight excluding hydrogens is 268 g/mol. The van der Waals surface area contributed by atoms with Crippen LogP contribution < -0.4 is 4.90 Å². The minimum absolute atomic E-state index is 0.0452. The van der Waals surface area contributed by atoms with E-state index in [2.05, 4.69) is 0 Å². The lowest BCUT2D eigenvalue weighted by Gasteiger charge is -2.26. The molecule has 1 rings (SSSR count). The molecular formula is C12H16N2O4S. The van der Waals surface area contributed by atoms with Gasteiger partial charge in [0.1, 0.15) is 5.69 Å². The number of carboxylic acid groups (broad SMARTS) is 1. The molecule has 6 nitrogen and oxygen atoms in total. The Morgan fingerprint density at radius 2 is 2.21 bits per heavy atom. The Morgan fingerprint density at radius 1 is 1.58 bits per heavy atom. The highest BCUT2D eigenvalue weighted by molar-refractivity contribution is 7.98. The van der Waals surface area contributed by atoms with Crippen LogP contribution in [0.15, 0.2) is 18.2 Å². The van der Waals surface area contributed by atoms with Crippen molar-refractivity contribution in [3.05, 3.63) is 33.9 Å². The smallest absolute Gasteiger partial charge is 0.335 e. The molecule has 1 atom stereocenters. The molecule has 104 valence electrons. The molecule has 0 aliphatic rings. The molecule has 0 heterocycles. The molecule has 0 spiro atoms. The molecule has 0 saturated heterocycles. The van der Waals surface area contributed by atoms with E-state index < -0.39 is 10.9 Å². The fourth-order valence-electron chi connectivity index (χ4n) is 1.68. The number of nitro groups is 1. The summed E-state index contributed by atoms with van der Waals surface area (Å²) >= 11 is 1.63. The van der Waals surface area contributed by atoms with Gasteiger partial charge in [-0.05, 0) is 25.3 Å². The van der Waals surface area contributed by atoms with Gasteiger partial charge in [0.25, 0.3) is 5.69 Å². The molecule has 0 saturated carbocycles. The third-order valence-corrected chi connectivity index (χ3v) is 3.68. The van der Waals surface area contributed by atoms with Crippen LogP contribution in [0.2, 0.25) is 0 Å². The number of aromatic carboxylic acids is 1. The summed E-state index contributed by atoms with van der Waals surface area (Å²) < 4.78 is 0. The van der Waals surface area contributed by atoms with Gasteiger partial charge in [0, 0.05) is 24.9 Å². The average Bonchev–Trinajstić information content (AvgIpc) is 2.37. The first-order valence-electron chi connectivity index (χ1n) is 5.62. The minimum Gasteiger partial charge on any atom is -0.478 e. The minimum atomic E-state index is -1.10. The number of nitro benzene ring substituents is 1. The molecule has 0 aliphatic carbocycles. The van der Waals surface area contributed by atoms with Crippen molar-refractivity contribution in [3.63, 3.8) is 0 Å². The summed E-state index contributed by atoms with van der Waals surface area (Å²) in [5, 5.41) is 20.0. The highest BCUT2D eigenvalue weighted by Crippen LogP contribution is 2.30. The van der Waals surface area contributed by atoms with Crippen LogP contribution in [0.3, 0.4) is 0 Å².